The Labute approximate surface area is 72.1 Å². The molecule has 12 heavy (non-hydrogen) atoms. The molecule has 0 bridgehead atoms. The standard InChI is InChI=1S/C10H11NO/c1-7-3-4-9(5-11)10(6-12)8(7)2/h3-4,12H,6H2,1-2H3. The number of aryl methyl sites for hydroxylation is 1. The molecule has 0 saturated heterocycles. The second-order valence-electron chi connectivity index (χ2n) is 2.80. The van der Waals surface area contributed by atoms with Gasteiger partial charge in [0.05, 0.1) is 18.2 Å². The summed E-state index contributed by atoms with van der Waals surface area (Å²) in [6, 6.07) is 5.69. The van der Waals surface area contributed by atoms with E-state index in [0.29, 0.717) is 5.56 Å². The molecule has 1 aromatic carbocycles. The van der Waals surface area contributed by atoms with Gasteiger partial charge in [0, 0.05) is 0 Å². The van der Waals surface area contributed by atoms with Gasteiger partial charge in [-0.15, -0.1) is 0 Å². The van der Waals surface area contributed by atoms with Gasteiger partial charge in [-0.25, -0.2) is 0 Å². The van der Waals surface area contributed by atoms with E-state index < -0.39 is 0 Å². The van der Waals surface area contributed by atoms with Crippen LogP contribution in [0.25, 0.3) is 0 Å². The van der Waals surface area contributed by atoms with Crippen LogP contribution in [0.4, 0.5) is 0 Å². The molecule has 0 aromatic heterocycles. The van der Waals surface area contributed by atoms with Gasteiger partial charge in [0.15, 0.2) is 0 Å². The smallest absolute Gasteiger partial charge is 0.0995 e. The van der Waals surface area contributed by atoms with Crippen LogP contribution in [0.5, 0.6) is 0 Å². The summed E-state index contributed by atoms with van der Waals surface area (Å²) >= 11 is 0. The second kappa shape index (κ2) is 3.38. The summed E-state index contributed by atoms with van der Waals surface area (Å²) < 4.78 is 0. The first-order valence-electron chi connectivity index (χ1n) is 3.80. The molecule has 0 heterocycles. The molecule has 2 nitrogen and oxygen atoms in total. The highest BCUT2D eigenvalue weighted by Gasteiger charge is 2.05. The van der Waals surface area contributed by atoms with Crippen molar-refractivity contribution in [1.82, 2.24) is 0 Å². The van der Waals surface area contributed by atoms with Gasteiger partial charge in [0.1, 0.15) is 0 Å². The monoisotopic (exact) mass is 161 g/mol. The third-order valence-electron chi connectivity index (χ3n) is 2.15. The number of nitrogens with zero attached hydrogens (tertiary/aromatic N) is 1. The average molecular weight is 161 g/mol. The molecule has 0 aliphatic carbocycles. The van der Waals surface area contributed by atoms with Crippen molar-refractivity contribution in [2.75, 3.05) is 0 Å². The highest BCUT2D eigenvalue weighted by Crippen LogP contribution is 2.17. The van der Waals surface area contributed by atoms with Crippen molar-refractivity contribution in [1.29, 1.82) is 5.26 Å². The maximum absolute atomic E-state index is 9.00. The van der Waals surface area contributed by atoms with E-state index >= 15 is 0 Å². The van der Waals surface area contributed by atoms with Crippen molar-refractivity contribution in [3.63, 3.8) is 0 Å². The summed E-state index contributed by atoms with van der Waals surface area (Å²) in [5, 5.41) is 17.7. The van der Waals surface area contributed by atoms with Crippen LogP contribution in [-0.2, 0) is 6.61 Å². The van der Waals surface area contributed by atoms with Crippen molar-refractivity contribution in [3.05, 3.63) is 34.4 Å². The summed E-state index contributed by atoms with van der Waals surface area (Å²) in [4.78, 5) is 0. The topological polar surface area (TPSA) is 44.0 Å². The molecule has 0 saturated carbocycles. The zero-order chi connectivity index (χ0) is 9.14. The molecule has 62 valence electrons. The van der Waals surface area contributed by atoms with Crippen LogP contribution in [0, 0.1) is 25.2 Å². The first-order valence-corrected chi connectivity index (χ1v) is 3.80. The van der Waals surface area contributed by atoms with Crippen LogP contribution in [0.3, 0.4) is 0 Å². The lowest BCUT2D eigenvalue weighted by molar-refractivity contribution is 0.280. The molecule has 0 amide bonds. The quantitative estimate of drug-likeness (QED) is 0.680. The Morgan fingerprint density at radius 3 is 2.58 bits per heavy atom. The Balaban J connectivity index is 3.38. The molecule has 2 heteroatoms. The SMILES string of the molecule is Cc1ccc(C#N)c(CO)c1C. The number of aliphatic hydroxyl groups is 1. The third-order valence-corrected chi connectivity index (χ3v) is 2.15. The minimum Gasteiger partial charge on any atom is -0.392 e. The van der Waals surface area contributed by atoms with Gasteiger partial charge >= 0.3 is 0 Å². The van der Waals surface area contributed by atoms with E-state index in [9.17, 15) is 0 Å². The Bertz CT molecular complexity index is 336. The molecule has 0 spiro atoms. The van der Waals surface area contributed by atoms with Gasteiger partial charge in [-0.05, 0) is 36.6 Å². The van der Waals surface area contributed by atoms with Crippen LogP contribution < -0.4 is 0 Å². The van der Waals surface area contributed by atoms with Crippen molar-refractivity contribution >= 4 is 0 Å². The predicted octanol–water partition coefficient (Wildman–Crippen LogP) is 1.67. The normalized spacial score (nSPS) is 9.50. The fraction of sp³-hybridized carbons (Fsp3) is 0.300. The molecule has 1 aromatic rings. The van der Waals surface area contributed by atoms with Gasteiger partial charge in [-0.2, -0.15) is 5.26 Å². The zero-order valence-electron chi connectivity index (χ0n) is 7.26. The van der Waals surface area contributed by atoms with E-state index in [0.717, 1.165) is 16.7 Å². The van der Waals surface area contributed by atoms with E-state index in [1.807, 2.05) is 19.9 Å². The highest BCUT2D eigenvalue weighted by atomic mass is 16.3. The average Bonchev–Trinajstić information content (AvgIpc) is 2.09. The zero-order valence-corrected chi connectivity index (χ0v) is 7.26. The summed E-state index contributed by atoms with van der Waals surface area (Å²) in [6.45, 7) is 3.83. The van der Waals surface area contributed by atoms with Crippen LogP contribution in [0.2, 0.25) is 0 Å². The fourth-order valence-electron chi connectivity index (χ4n) is 1.18. The molecule has 0 fully saturated rings. The molecular formula is C10H11NO. The van der Waals surface area contributed by atoms with E-state index in [1.54, 1.807) is 6.07 Å². The van der Waals surface area contributed by atoms with E-state index in [-0.39, 0.29) is 6.61 Å². The molecule has 1 rings (SSSR count). The fourth-order valence-corrected chi connectivity index (χ4v) is 1.18. The summed E-state index contributed by atoms with van der Waals surface area (Å²) in [5.74, 6) is 0. The summed E-state index contributed by atoms with van der Waals surface area (Å²) in [5.41, 5.74) is 3.44. The molecule has 0 aliphatic rings. The largest absolute Gasteiger partial charge is 0.392 e. The Kier molecular flexibility index (Phi) is 2.47. The minimum absolute atomic E-state index is 0.0591. The van der Waals surface area contributed by atoms with E-state index in [4.69, 9.17) is 10.4 Å². The van der Waals surface area contributed by atoms with Crippen molar-refractivity contribution in [3.8, 4) is 6.07 Å². The van der Waals surface area contributed by atoms with Gasteiger partial charge in [0.25, 0.3) is 0 Å². The number of hydrogen-bond donors (Lipinski definition) is 1. The van der Waals surface area contributed by atoms with Crippen molar-refractivity contribution < 1.29 is 5.11 Å². The molecule has 0 atom stereocenters. The highest BCUT2D eigenvalue weighted by molar-refractivity contribution is 5.45. The molecule has 0 aliphatic heterocycles. The molecular weight excluding hydrogens is 150 g/mol. The number of aliphatic hydroxyl groups excluding tert-OH is 1. The van der Waals surface area contributed by atoms with Crippen LogP contribution in [0.15, 0.2) is 12.1 Å². The number of rotatable bonds is 1. The number of benzene rings is 1. The first kappa shape index (κ1) is 8.76. The first-order chi connectivity index (χ1) is 5.70. The Morgan fingerprint density at radius 2 is 2.08 bits per heavy atom. The molecule has 1 N–H and O–H groups in total. The predicted molar refractivity (Wildman–Crippen MR) is 46.6 cm³/mol. The van der Waals surface area contributed by atoms with E-state index in [1.165, 1.54) is 0 Å². The Hall–Kier alpha value is -1.33. The van der Waals surface area contributed by atoms with Gasteiger partial charge in [0.2, 0.25) is 0 Å². The molecule has 0 unspecified atom stereocenters. The summed E-state index contributed by atoms with van der Waals surface area (Å²) in [7, 11) is 0. The lowest BCUT2D eigenvalue weighted by atomic mass is 9.99. The minimum atomic E-state index is -0.0591. The maximum atomic E-state index is 9.00. The molecule has 0 radical (unpaired) electrons. The van der Waals surface area contributed by atoms with Crippen molar-refractivity contribution in [2.24, 2.45) is 0 Å². The van der Waals surface area contributed by atoms with Crippen LogP contribution >= 0.6 is 0 Å². The number of nitriles is 1. The van der Waals surface area contributed by atoms with E-state index in [2.05, 4.69) is 6.07 Å². The van der Waals surface area contributed by atoms with Gasteiger partial charge in [-0.1, -0.05) is 6.07 Å². The lowest BCUT2D eigenvalue weighted by Crippen LogP contribution is -1.95. The second-order valence-corrected chi connectivity index (χ2v) is 2.80. The van der Waals surface area contributed by atoms with Gasteiger partial charge in [-0.3, -0.25) is 0 Å². The third kappa shape index (κ3) is 1.32. The number of hydrogen-bond acceptors (Lipinski definition) is 2. The van der Waals surface area contributed by atoms with Crippen molar-refractivity contribution in [2.45, 2.75) is 20.5 Å². The van der Waals surface area contributed by atoms with Crippen LogP contribution in [0.1, 0.15) is 22.3 Å². The Morgan fingerprint density at radius 1 is 1.42 bits per heavy atom. The maximum Gasteiger partial charge on any atom is 0.0995 e. The van der Waals surface area contributed by atoms with Gasteiger partial charge < -0.3 is 5.11 Å². The summed E-state index contributed by atoms with van der Waals surface area (Å²) in [6.07, 6.45) is 0. The lowest BCUT2D eigenvalue weighted by Gasteiger charge is -2.07. The van der Waals surface area contributed by atoms with Crippen LogP contribution in [-0.4, -0.2) is 5.11 Å².